The van der Waals surface area contributed by atoms with E-state index in [9.17, 15) is 9.18 Å². The van der Waals surface area contributed by atoms with Crippen molar-refractivity contribution in [3.8, 4) is 0 Å². The molecule has 2 heterocycles. The van der Waals surface area contributed by atoms with E-state index >= 15 is 0 Å². The summed E-state index contributed by atoms with van der Waals surface area (Å²) >= 11 is 0. The van der Waals surface area contributed by atoms with Gasteiger partial charge in [-0.2, -0.15) is 0 Å². The van der Waals surface area contributed by atoms with Crippen molar-refractivity contribution >= 4 is 12.0 Å². The van der Waals surface area contributed by atoms with Crippen LogP contribution < -0.4 is 0 Å². The molecule has 0 saturated carbocycles. The van der Waals surface area contributed by atoms with Crippen LogP contribution in [0.15, 0.2) is 53.2 Å². The van der Waals surface area contributed by atoms with Gasteiger partial charge in [-0.1, -0.05) is 18.6 Å². The van der Waals surface area contributed by atoms with E-state index in [0.29, 0.717) is 12.3 Å². The standard InChI is InChI=1S/C19H20FNO2/c20-17-8-6-15(7-9-17)16-4-1-2-12-21(14-16)19(22)11-10-18-5-3-13-23-18/h3,5-11,13,16H,1-2,4,12,14H2/b11-10+/t16-/m1/s1. The zero-order chi connectivity index (χ0) is 16.1. The van der Waals surface area contributed by atoms with Gasteiger partial charge in [-0.25, -0.2) is 4.39 Å². The van der Waals surface area contributed by atoms with Gasteiger partial charge in [0.25, 0.3) is 0 Å². The minimum atomic E-state index is -0.225. The number of halogens is 1. The van der Waals surface area contributed by atoms with Gasteiger partial charge in [0.15, 0.2) is 0 Å². The van der Waals surface area contributed by atoms with Crippen molar-refractivity contribution in [2.45, 2.75) is 25.2 Å². The first-order valence-corrected chi connectivity index (χ1v) is 7.98. The minimum absolute atomic E-state index is 0.00425. The van der Waals surface area contributed by atoms with Crippen LogP contribution in [0.25, 0.3) is 6.08 Å². The second-order valence-electron chi connectivity index (χ2n) is 5.88. The van der Waals surface area contributed by atoms with Gasteiger partial charge in [0.1, 0.15) is 11.6 Å². The quantitative estimate of drug-likeness (QED) is 0.795. The monoisotopic (exact) mass is 313 g/mol. The number of hydrogen-bond donors (Lipinski definition) is 0. The summed E-state index contributed by atoms with van der Waals surface area (Å²) in [6.45, 7) is 1.44. The predicted molar refractivity (Wildman–Crippen MR) is 87.3 cm³/mol. The number of likely N-dealkylation sites (tertiary alicyclic amines) is 1. The Bertz CT molecular complexity index is 661. The number of rotatable bonds is 3. The molecule has 1 aliphatic heterocycles. The van der Waals surface area contributed by atoms with Gasteiger partial charge >= 0.3 is 0 Å². The molecular formula is C19H20FNO2. The van der Waals surface area contributed by atoms with Crippen LogP contribution in [0.2, 0.25) is 0 Å². The summed E-state index contributed by atoms with van der Waals surface area (Å²) in [4.78, 5) is 14.3. The molecule has 0 aliphatic carbocycles. The average molecular weight is 313 g/mol. The van der Waals surface area contributed by atoms with Crippen LogP contribution in [-0.4, -0.2) is 23.9 Å². The van der Waals surface area contributed by atoms with Crippen molar-refractivity contribution in [2.24, 2.45) is 0 Å². The Labute approximate surface area is 135 Å². The highest BCUT2D eigenvalue weighted by Gasteiger charge is 2.22. The largest absolute Gasteiger partial charge is 0.465 e. The van der Waals surface area contributed by atoms with Crippen molar-refractivity contribution in [1.82, 2.24) is 4.90 Å². The molecule has 0 spiro atoms. The summed E-state index contributed by atoms with van der Waals surface area (Å²) < 4.78 is 18.3. The summed E-state index contributed by atoms with van der Waals surface area (Å²) in [7, 11) is 0. The first kappa shape index (κ1) is 15.5. The molecule has 120 valence electrons. The van der Waals surface area contributed by atoms with Crippen LogP contribution in [-0.2, 0) is 4.79 Å². The smallest absolute Gasteiger partial charge is 0.246 e. The van der Waals surface area contributed by atoms with E-state index in [4.69, 9.17) is 4.42 Å². The maximum Gasteiger partial charge on any atom is 0.246 e. The SMILES string of the molecule is O=C(/C=C/c1ccco1)N1CCCC[C@@H](c2ccc(F)cc2)C1. The van der Waals surface area contributed by atoms with E-state index in [1.54, 1.807) is 24.5 Å². The van der Waals surface area contributed by atoms with Crippen molar-refractivity contribution in [1.29, 1.82) is 0 Å². The van der Waals surface area contributed by atoms with E-state index in [0.717, 1.165) is 31.4 Å². The van der Waals surface area contributed by atoms with Crippen LogP contribution in [0, 0.1) is 5.82 Å². The highest BCUT2D eigenvalue weighted by Crippen LogP contribution is 2.26. The Balaban J connectivity index is 1.69. The number of benzene rings is 1. The lowest BCUT2D eigenvalue weighted by Crippen LogP contribution is -2.32. The molecule has 1 aliphatic rings. The molecule has 1 aromatic heterocycles. The summed E-state index contributed by atoms with van der Waals surface area (Å²) in [5.74, 6) is 0.703. The average Bonchev–Trinajstić information content (AvgIpc) is 2.96. The number of hydrogen-bond acceptors (Lipinski definition) is 2. The van der Waals surface area contributed by atoms with E-state index < -0.39 is 0 Å². The number of carbonyl (C=O) groups is 1. The Morgan fingerprint density at radius 3 is 2.78 bits per heavy atom. The fraction of sp³-hybridized carbons (Fsp3) is 0.316. The fourth-order valence-electron chi connectivity index (χ4n) is 2.99. The van der Waals surface area contributed by atoms with Crippen molar-refractivity contribution in [3.63, 3.8) is 0 Å². The summed E-state index contributed by atoms with van der Waals surface area (Å²) in [5.41, 5.74) is 1.10. The molecule has 0 radical (unpaired) electrons. The van der Waals surface area contributed by atoms with E-state index in [1.165, 1.54) is 12.1 Å². The zero-order valence-corrected chi connectivity index (χ0v) is 13.0. The second-order valence-corrected chi connectivity index (χ2v) is 5.88. The lowest BCUT2D eigenvalue weighted by Gasteiger charge is -2.23. The molecule has 1 amide bonds. The third-order valence-corrected chi connectivity index (χ3v) is 4.26. The third kappa shape index (κ3) is 4.09. The summed E-state index contributed by atoms with van der Waals surface area (Å²) in [6.07, 6.45) is 7.94. The molecule has 3 rings (SSSR count). The van der Waals surface area contributed by atoms with Crippen LogP contribution in [0.3, 0.4) is 0 Å². The van der Waals surface area contributed by atoms with Gasteiger partial charge in [-0.3, -0.25) is 4.79 Å². The van der Waals surface area contributed by atoms with Gasteiger partial charge in [0.05, 0.1) is 6.26 Å². The predicted octanol–water partition coefficient (Wildman–Crippen LogP) is 4.23. The molecule has 23 heavy (non-hydrogen) atoms. The van der Waals surface area contributed by atoms with Crippen molar-refractivity contribution in [2.75, 3.05) is 13.1 Å². The minimum Gasteiger partial charge on any atom is -0.465 e. The highest BCUT2D eigenvalue weighted by atomic mass is 19.1. The molecule has 2 aromatic rings. The van der Waals surface area contributed by atoms with Gasteiger partial charge in [-0.15, -0.1) is 0 Å². The number of furan rings is 1. The summed E-state index contributed by atoms with van der Waals surface area (Å²) in [6, 6.07) is 10.2. The molecule has 1 atom stereocenters. The maximum atomic E-state index is 13.1. The van der Waals surface area contributed by atoms with E-state index in [1.807, 2.05) is 23.1 Å². The number of amides is 1. The van der Waals surface area contributed by atoms with Crippen molar-refractivity contribution in [3.05, 3.63) is 65.9 Å². The molecular weight excluding hydrogens is 293 g/mol. The fourth-order valence-corrected chi connectivity index (χ4v) is 2.99. The number of nitrogens with zero attached hydrogens (tertiary/aromatic N) is 1. The lowest BCUT2D eigenvalue weighted by molar-refractivity contribution is -0.126. The van der Waals surface area contributed by atoms with Gasteiger partial charge in [0, 0.05) is 25.1 Å². The Kier molecular flexibility index (Phi) is 4.91. The second kappa shape index (κ2) is 7.27. The van der Waals surface area contributed by atoms with Crippen LogP contribution in [0.1, 0.15) is 36.5 Å². The number of carbonyl (C=O) groups excluding carboxylic acids is 1. The molecule has 1 aromatic carbocycles. The normalized spacial score (nSPS) is 19.0. The summed E-state index contributed by atoms with van der Waals surface area (Å²) in [5, 5.41) is 0. The third-order valence-electron chi connectivity index (χ3n) is 4.26. The van der Waals surface area contributed by atoms with E-state index in [2.05, 4.69) is 0 Å². The molecule has 1 saturated heterocycles. The van der Waals surface area contributed by atoms with Crippen LogP contribution in [0.4, 0.5) is 4.39 Å². The molecule has 3 nitrogen and oxygen atoms in total. The Morgan fingerprint density at radius 2 is 2.04 bits per heavy atom. The van der Waals surface area contributed by atoms with Crippen LogP contribution >= 0.6 is 0 Å². The van der Waals surface area contributed by atoms with Crippen LogP contribution in [0.5, 0.6) is 0 Å². The van der Waals surface area contributed by atoms with Gasteiger partial charge in [0.2, 0.25) is 5.91 Å². The Morgan fingerprint density at radius 1 is 1.22 bits per heavy atom. The molecule has 0 N–H and O–H groups in total. The molecule has 0 bridgehead atoms. The first-order chi connectivity index (χ1) is 11.2. The topological polar surface area (TPSA) is 33.5 Å². The zero-order valence-electron chi connectivity index (χ0n) is 13.0. The van der Waals surface area contributed by atoms with Gasteiger partial charge in [-0.05, 0) is 48.7 Å². The van der Waals surface area contributed by atoms with Crippen molar-refractivity contribution < 1.29 is 13.6 Å². The Hall–Kier alpha value is -2.36. The van der Waals surface area contributed by atoms with Gasteiger partial charge < -0.3 is 9.32 Å². The molecule has 0 unspecified atom stereocenters. The first-order valence-electron chi connectivity index (χ1n) is 7.98. The lowest BCUT2D eigenvalue weighted by atomic mass is 9.94. The maximum absolute atomic E-state index is 13.1. The highest BCUT2D eigenvalue weighted by molar-refractivity contribution is 5.91. The molecule has 1 fully saturated rings. The molecule has 4 heteroatoms. The van der Waals surface area contributed by atoms with E-state index in [-0.39, 0.29) is 17.6 Å².